The maximum atomic E-state index is 12.3. The zero-order chi connectivity index (χ0) is 20.4. The minimum absolute atomic E-state index is 0.0346. The van der Waals surface area contributed by atoms with Crippen molar-refractivity contribution in [3.63, 3.8) is 0 Å². The Kier molecular flexibility index (Phi) is 9.09. The lowest BCUT2D eigenvalue weighted by atomic mass is 10.1. The summed E-state index contributed by atoms with van der Waals surface area (Å²) >= 11 is 0. The lowest BCUT2D eigenvalue weighted by molar-refractivity contribution is -0.129. The van der Waals surface area contributed by atoms with E-state index in [1.54, 1.807) is 0 Å². The summed E-state index contributed by atoms with van der Waals surface area (Å²) in [6, 6.07) is -1.64. The predicted molar refractivity (Wildman–Crippen MR) is 97.2 cm³/mol. The van der Waals surface area contributed by atoms with Gasteiger partial charge in [0.25, 0.3) is 0 Å². The third-order valence-corrected chi connectivity index (χ3v) is 3.72. The predicted octanol–water partition coefficient (Wildman–Crippen LogP) is -2.37. The van der Waals surface area contributed by atoms with E-state index in [9.17, 15) is 19.2 Å². The molecule has 1 aromatic heterocycles. The lowest BCUT2D eigenvalue weighted by Crippen LogP contribution is -2.49. The van der Waals surface area contributed by atoms with Crippen LogP contribution in [0.5, 0.6) is 0 Å². The van der Waals surface area contributed by atoms with Crippen molar-refractivity contribution in [2.45, 2.75) is 44.7 Å². The number of carbonyl (C=O) groups excluding carboxylic acids is 4. The highest BCUT2D eigenvalue weighted by Gasteiger charge is 2.22. The molecule has 1 rings (SSSR count). The fourth-order valence-electron chi connectivity index (χ4n) is 2.37. The van der Waals surface area contributed by atoms with E-state index in [0.29, 0.717) is 18.7 Å². The first-order chi connectivity index (χ1) is 12.7. The fourth-order valence-corrected chi connectivity index (χ4v) is 2.37. The van der Waals surface area contributed by atoms with Gasteiger partial charge in [0, 0.05) is 19.5 Å². The number of amides is 3. The van der Waals surface area contributed by atoms with Gasteiger partial charge in [-0.15, -0.1) is 0 Å². The van der Waals surface area contributed by atoms with Crippen LogP contribution >= 0.6 is 0 Å². The summed E-state index contributed by atoms with van der Waals surface area (Å²) in [5.41, 5.74) is 16.7. The molecule has 150 valence electrons. The van der Waals surface area contributed by atoms with Crippen LogP contribution in [0.3, 0.4) is 0 Å². The van der Waals surface area contributed by atoms with Crippen LogP contribution in [0.1, 0.15) is 36.7 Å². The molecule has 0 radical (unpaired) electrons. The van der Waals surface area contributed by atoms with Crippen LogP contribution in [0.25, 0.3) is 0 Å². The van der Waals surface area contributed by atoms with E-state index in [4.69, 9.17) is 17.2 Å². The first-order valence-corrected chi connectivity index (χ1v) is 8.60. The molecule has 8 N–H and O–H groups in total. The molecule has 1 aromatic rings. The van der Waals surface area contributed by atoms with Crippen LogP contribution in [0, 0.1) is 0 Å². The molecule has 11 heteroatoms. The highest BCUT2D eigenvalue weighted by molar-refractivity contribution is 5.90. The molecular weight excluding hydrogens is 354 g/mol. The number of hydrogen-bond donors (Lipinski definition) is 5. The van der Waals surface area contributed by atoms with Crippen molar-refractivity contribution in [2.75, 3.05) is 13.1 Å². The number of nitrogens with one attached hydrogen (secondary N) is 2. The molecule has 27 heavy (non-hydrogen) atoms. The van der Waals surface area contributed by atoms with Crippen molar-refractivity contribution >= 4 is 23.6 Å². The summed E-state index contributed by atoms with van der Waals surface area (Å²) in [7, 11) is 0. The summed E-state index contributed by atoms with van der Waals surface area (Å²) < 4.78 is 1.26. The first kappa shape index (κ1) is 22.3. The standard InChI is InChI=1S/C16H27N7O4/c1-10(24)22-13(15(26)20-7-14(19)25)6-11-8-23(9-21-11)16(27)12(18)4-2-3-5-17/h8-9,12-13H,2-7,17-18H2,1H3,(H2,19,25)(H,20,26)(H,22,24)/t12-,13-/m0/s1. The highest BCUT2D eigenvalue weighted by Crippen LogP contribution is 2.06. The Morgan fingerprint density at radius 2 is 1.96 bits per heavy atom. The van der Waals surface area contributed by atoms with Crippen LogP contribution in [0.2, 0.25) is 0 Å². The van der Waals surface area contributed by atoms with Crippen molar-refractivity contribution in [3.8, 4) is 0 Å². The maximum Gasteiger partial charge on any atom is 0.248 e. The average molecular weight is 381 g/mol. The number of imidazole rings is 1. The van der Waals surface area contributed by atoms with Gasteiger partial charge in [-0.05, 0) is 19.4 Å². The van der Waals surface area contributed by atoms with E-state index in [-0.39, 0.29) is 18.9 Å². The van der Waals surface area contributed by atoms with Crippen LogP contribution in [-0.2, 0) is 20.8 Å². The molecule has 0 fully saturated rings. The van der Waals surface area contributed by atoms with E-state index in [0.717, 1.165) is 12.8 Å². The number of unbranched alkanes of at least 4 members (excludes halogenated alkanes) is 1. The Balaban J connectivity index is 2.74. The maximum absolute atomic E-state index is 12.3. The van der Waals surface area contributed by atoms with Crippen molar-refractivity contribution in [2.24, 2.45) is 17.2 Å². The van der Waals surface area contributed by atoms with E-state index in [2.05, 4.69) is 15.6 Å². The molecule has 0 aromatic carbocycles. The van der Waals surface area contributed by atoms with Gasteiger partial charge < -0.3 is 27.8 Å². The molecule has 0 saturated carbocycles. The number of carbonyl (C=O) groups is 4. The van der Waals surface area contributed by atoms with Gasteiger partial charge in [-0.3, -0.25) is 23.7 Å². The van der Waals surface area contributed by atoms with Crippen molar-refractivity contribution < 1.29 is 19.2 Å². The average Bonchev–Trinajstić information content (AvgIpc) is 3.06. The highest BCUT2D eigenvalue weighted by atomic mass is 16.2. The second-order valence-electron chi connectivity index (χ2n) is 6.14. The third-order valence-electron chi connectivity index (χ3n) is 3.72. The summed E-state index contributed by atoms with van der Waals surface area (Å²) in [5, 5.41) is 4.80. The second-order valence-corrected chi connectivity index (χ2v) is 6.14. The quantitative estimate of drug-likeness (QED) is 0.265. The Hall–Kier alpha value is -2.79. The van der Waals surface area contributed by atoms with Gasteiger partial charge in [-0.2, -0.15) is 0 Å². The number of hydrogen-bond acceptors (Lipinski definition) is 7. The Morgan fingerprint density at radius 1 is 1.26 bits per heavy atom. The Morgan fingerprint density at radius 3 is 2.56 bits per heavy atom. The molecular formula is C16H27N7O4. The summed E-state index contributed by atoms with van der Waals surface area (Å²) in [6.45, 7) is 1.45. The van der Waals surface area contributed by atoms with Gasteiger partial charge in [0.05, 0.1) is 18.3 Å². The summed E-state index contributed by atoms with van der Waals surface area (Å²) in [5.74, 6) is -2.03. The molecule has 3 amide bonds. The molecule has 0 saturated heterocycles. The van der Waals surface area contributed by atoms with Crippen LogP contribution in [0.4, 0.5) is 0 Å². The fraction of sp³-hybridized carbons (Fsp3) is 0.562. The minimum atomic E-state index is -0.960. The van der Waals surface area contributed by atoms with Crippen LogP contribution in [0.15, 0.2) is 12.5 Å². The smallest absolute Gasteiger partial charge is 0.248 e. The van der Waals surface area contributed by atoms with Gasteiger partial charge in [-0.25, -0.2) is 4.98 Å². The van der Waals surface area contributed by atoms with Gasteiger partial charge in [-0.1, -0.05) is 6.42 Å². The zero-order valence-electron chi connectivity index (χ0n) is 15.3. The summed E-state index contributed by atoms with van der Waals surface area (Å²) in [4.78, 5) is 50.6. The second kappa shape index (κ2) is 11.0. The van der Waals surface area contributed by atoms with E-state index in [1.165, 1.54) is 24.0 Å². The van der Waals surface area contributed by atoms with Gasteiger partial charge in [0.2, 0.25) is 23.6 Å². The Labute approximate surface area is 157 Å². The van der Waals surface area contributed by atoms with Crippen molar-refractivity contribution in [3.05, 3.63) is 18.2 Å². The number of nitrogens with two attached hydrogens (primary N) is 3. The van der Waals surface area contributed by atoms with E-state index >= 15 is 0 Å². The monoisotopic (exact) mass is 381 g/mol. The molecule has 0 bridgehead atoms. The zero-order valence-corrected chi connectivity index (χ0v) is 15.3. The number of primary amides is 1. The molecule has 0 spiro atoms. The number of nitrogens with zero attached hydrogens (tertiary/aromatic N) is 2. The molecule has 0 aliphatic heterocycles. The third kappa shape index (κ3) is 7.96. The van der Waals surface area contributed by atoms with Crippen LogP contribution in [-0.4, -0.2) is 58.4 Å². The van der Waals surface area contributed by atoms with Gasteiger partial charge in [0.1, 0.15) is 12.4 Å². The first-order valence-electron chi connectivity index (χ1n) is 8.60. The molecule has 1 heterocycles. The largest absolute Gasteiger partial charge is 0.368 e. The van der Waals surface area contributed by atoms with Crippen molar-refractivity contribution in [1.29, 1.82) is 0 Å². The molecule has 11 nitrogen and oxygen atoms in total. The summed E-state index contributed by atoms with van der Waals surface area (Å²) in [6.07, 6.45) is 4.85. The van der Waals surface area contributed by atoms with Crippen LogP contribution < -0.4 is 27.8 Å². The lowest BCUT2D eigenvalue weighted by Gasteiger charge is -2.16. The molecule has 0 aliphatic rings. The number of rotatable bonds is 11. The van der Waals surface area contributed by atoms with Gasteiger partial charge in [0.15, 0.2) is 0 Å². The topological polar surface area (TPSA) is 188 Å². The molecule has 0 aliphatic carbocycles. The molecule has 2 atom stereocenters. The van der Waals surface area contributed by atoms with Gasteiger partial charge >= 0.3 is 0 Å². The normalized spacial score (nSPS) is 12.9. The minimum Gasteiger partial charge on any atom is -0.368 e. The Bertz CT molecular complexity index is 673. The number of aromatic nitrogens is 2. The van der Waals surface area contributed by atoms with E-state index < -0.39 is 29.8 Å². The molecule has 0 unspecified atom stereocenters. The SMILES string of the molecule is CC(=O)N[C@@H](Cc1cn(C(=O)[C@@H](N)CCCCN)cn1)C(=O)NCC(N)=O. The van der Waals surface area contributed by atoms with E-state index in [1.807, 2.05) is 0 Å². The van der Waals surface area contributed by atoms with Crippen molar-refractivity contribution in [1.82, 2.24) is 20.2 Å².